The Hall–Kier alpha value is -0.340. The van der Waals surface area contributed by atoms with Crippen molar-refractivity contribution in [2.75, 3.05) is 7.05 Å². The molecule has 0 spiro atoms. The molecule has 0 aromatic heterocycles. The van der Waals surface area contributed by atoms with Crippen LogP contribution >= 0.6 is 15.9 Å². The van der Waals surface area contributed by atoms with E-state index in [0.29, 0.717) is 6.04 Å². The molecular weight excluding hydrogens is 262 g/mol. The van der Waals surface area contributed by atoms with Crippen LogP contribution in [-0.4, -0.2) is 7.05 Å². The van der Waals surface area contributed by atoms with Gasteiger partial charge in [0.25, 0.3) is 0 Å². The van der Waals surface area contributed by atoms with Gasteiger partial charge in [0.15, 0.2) is 0 Å². The van der Waals surface area contributed by atoms with Crippen LogP contribution in [0.4, 0.5) is 0 Å². The molecule has 0 heterocycles. The van der Waals surface area contributed by atoms with Crippen molar-refractivity contribution in [1.82, 2.24) is 5.32 Å². The van der Waals surface area contributed by atoms with Crippen LogP contribution in [0.25, 0.3) is 0 Å². The fourth-order valence-electron chi connectivity index (χ4n) is 1.90. The number of aryl methyl sites for hydroxylation is 1. The van der Waals surface area contributed by atoms with Gasteiger partial charge in [-0.15, -0.1) is 0 Å². The minimum Gasteiger partial charge on any atom is -0.313 e. The normalized spacial score (nSPS) is 12.8. The zero-order valence-electron chi connectivity index (χ0n) is 10.5. The summed E-state index contributed by atoms with van der Waals surface area (Å²) in [6.45, 7) is 4.37. The second-order valence-corrected chi connectivity index (χ2v) is 5.20. The molecule has 1 N–H and O–H groups in total. The van der Waals surface area contributed by atoms with E-state index in [-0.39, 0.29) is 0 Å². The van der Waals surface area contributed by atoms with Crippen molar-refractivity contribution >= 4 is 15.9 Å². The maximum Gasteiger partial charge on any atom is 0.0317 e. The first-order valence-electron chi connectivity index (χ1n) is 6.12. The zero-order chi connectivity index (χ0) is 12.0. The van der Waals surface area contributed by atoms with E-state index in [1.165, 1.54) is 41.3 Å². The van der Waals surface area contributed by atoms with Gasteiger partial charge in [-0.3, -0.25) is 0 Å². The van der Waals surface area contributed by atoms with Crippen molar-refractivity contribution in [2.45, 2.75) is 45.6 Å². The third-order valence-electron chi connectivity index (χ3n) is 3.04. The summed E-state index contributed by atoms with van der Waals surface area (Å²) in [6, 6.07) is 7.14. The van der Waals surface area contributed by atoms with Gasteiger partial charge < -0.3 is 5.32 Å². The van der Waals surface area contributed by atoms with Crippen LogP contribution in [-0.2, 0) is 0 Å². The molecule has 1 rings (SSSR count). The molecule has 1 aromatic rings. The van der Waals surface area contributed by atoms with Gasteiger partial charge >= 0.3 is 0 Å². The number of unbranched alkanes of at least 4 members (excludes halogenated alkanes) is 2. The minimum absolute atomic E-state index is 0.489. The summed E-state index contributed by atoms with van der Waals surface area (Å²) in [5.74, 6) is 0. The first kappa shape index (κ1) is 13.7. The predicted octanol–water partition coefficient (Wildman–Crippen LogP) is 4.60. The van der Waals surface area contributed by atoms with E-state index < -0.39 is 0 Å². The monoisotopic (exact) mass is 283 g/mol. The largest absolute Gasteiger partial charge is 0.313 e. The molecule has 2 heteroatoms. The molecule has 0 saturated carbocycles. The average Bonchev–Trinajstić information content (AvgIpc) is 2.29. The quantitative estimate of drug-likeness (QED) is 0.753. The molecule has 0 aliphatic carbocycles. The molecule has 1 atom stereocenters. The number of hydrogen-bond acceptors (Lipinski definition) is 1. The number of nitrogens with one attached hydrogen (secondary N) is 1. The van der Waals surface area contributed by atoms with E-state index in [2.05, 4.69) is 53.3 Å². The molecule has 16 heavy (non-hydrogen) atoms. The van der Waals surface area contributed by atoms with E-state index in [9.17, 15) is 0 Å². The average molecular weight is 284 g/mol. The topological polar surface area (TPSA) is 12.0 Å². The minimum atomic E-state index is 0.489. The Morgan fingerprint density at radius 1 is 1.31 bits per heavy atom. The Kier molecular flexibility index (Phi) is 6.07. The molecule has 1 aromatic carbocycles. The van der Waals surface area contributed by atoms with Gasteiger partial charge in [-0.05, 0) is 37.6 Å². The van der Waals surface area contributed by atoms with Crippen LogP contribution in [0.15, 0.2) is 22.7 Å². The molecular formula is C14H22BrN. The summed E-state index contributed by atoms with van der Waals surface area (Å²) in [6.07, 6.45) is 5.13. The molecule has 0 radical (unpaired) electrons. The Balaban J connectivity index is 2.67. The Bertz CT molecular complexity index is 323. The Morgan fingerprint density at radius 2 is 2.06 bits per heavy atom. The zero-order valence-corrected chi connectivity index (χ0v) is 12.1. The van der Waals surface area contributed by atoms with Gasteiger partial charge in [0.1, 0.15) is 0 Å². The van der Waals surface area contributed by atoms with E-state index in [1.54, 1.807) is 0 Å². The highest BCUT2D eigenvalue weighted by molar-refractivity contribution is 9.10. The summed E-state index contributed by atoms with van der Waals surface area (Å²) in [4.78, 5) is 0. The lowest BCUT2D eigenvalue weighted by Crippen LogP contribution is -2.16. The molecule has 0 aliphatic heterocycles. The molecule has 0 saturated heterocycles. The van der Waals surface area contributed by atoms with E-state index >= 15 is 0 Å². The Morgan fingerprint density at radius 3 is 2.62 bits per heavy atom. The number of benzene rings is 1. The van der Waals surface area contributed by atoms with Crippen LogP contribution in [0.5, 0.6) is 0 Å². The fraction of sp³-hybridized carbons (Fsp3) is 0.571. The van der Waals surface area contributed by atoms with E-state index in [4.69, 9.17) is 0 Å². The van der Waals surface area contributed by atoms with Gasteiger partial charge in [0, 0.05) is 10.5 Å². The van der Waals surface area contributed by atoms with Gasteiger partial charge in [-0.25, -0.2) is 0 Å². The lowest BCUT2D eigenvalue weighted by molar-refractivity contribution is 0.511. The van der Waals surface area contributed by atoms with Gasteiger partial charge in [-0.1, -0.05) is 54.2 Å². The fourth-order valence-corrected chi connectivity index (χ4v) is 2.30. The lowest BCUT2D eigenvalue weighted by atomic mass is 10.00. The molecule has 0 aliphatic rings. The van der Waals surface area contributed by atoms with Crippen molar-refractivity contribution < 1.29 is 0 Å². The summed E-state index contributed by atoms with van der Waals surface area (Å²) in [5.41, 5.74) is 2.68. The SMILES string of the molecule is CCCCCC(NC)c1ccc(C)c(Br)c1. The predicted molar refractivity (Wildman–Crippen MR) is 74.8 cm³/mol. The van der Waals surface area contributed by atoms with Crippen molar-refractivity contribution in [3.8, 4) is 0 Å². The van der Waals surface area contributed by atoms with E-state index in [1.807, 2.05) is 7.05 Å². The lowest BCUT2D eigenvalue weighted by Gasteiger charge is -2.17. The first-order chi connectivity index (χ1) is 7.69. The third kappa shape index (κ3) is 3.91. The molecule has 1 nitrogen and oxygen atoms in total. The maximum atomic E-state index is 3.60. The standard InChI is InChI=1S/C14H22BrN/c1-4-5-6-7-14(16-3)12-9-8-11(2)13(15)10-12/h8-10,14,16H,4-7H2,1-3H3. The van der Waals surface area contributed by atoms with Crippen LogP contribution in [0.1, 0.15) is 49.8 Å². The van der Waals surface area contributed by atoms with Gasteiger partial charge in [0.2, 0.25) is 0 Å². The maximum absolute atomic E-state index is 3.60. The summed E-state index contributed by atoms with van der Waals surface area (Å²) < 4.78 is 1.21. The Labute approximate surface area is 108 Å². The molecule has 1 unspecified atom stereocenters. The molecule has 0 amide bonds. The van der Waals surface area contributed by atoms with Crippen LogP contribution in [0, 0.1) is 6.92 Å². The number of halogens is 1. The van der Waals surface area contributed by atoms with Crippen molar-refractivity contribution in [3.05, 3.63) is 33.8 Å². The third-order valence-corrected chi connectivity index (χ3v) is 3.90. The second kappa shape index (κ2) is 7.08. The highest BCUT2D eigenvalue weighted by atomic mass is 79.9. The van der Waals surface area contributed by atoms with Crippen molar-refractivity contribution in [3.63, 3.8) is 0 Å². The highest BCUT2D eigenvalue weighted by Gasteiger charge is 2.09. The molecule has 0 fully saturated rings. The highest BCUT2D eigenvalue weighted by Crippen LogP contribution is 2.24. The second-order valence-electron chi connectivity index (χ2n) is 4.35. The van der Waals surface area contributed by atoms with Crippen molar-refractivity contribution in [2.24, 2.45) is 0 Å². The summed E-state index contributed by atoms with van der Waals surface area (Å²) in [7, 11) is 2.05. The van der Waals surface area contributed by atoms with Crippen LogP contribution < -0.4 is 5.32 Å². The smallest absolute Gasteiger partial charge is 0.0317 e. The van der Waals surface area contributed by atoms with Gasteiger partial charge in [-0.2, -0.15) is 0 Å². The summed E-state index contributed by atoms with van der Waals surface area (Å²) >= 11 is 3.60. The summed E-state index contributed by atoms with van der Waals surface area (Å²) in [5, 5.41) is 3.40. The van der Waals surface area contributed by atoms with E-state index in [0.717, 1.165) is 0 Å². The first-order valence-corrected chi connectivity index (χ1v) is 6.91. The molecule has 0 bridgehead atoms. The van der Waals surface area contributed by atoms with Crippen molar-refractivity contribution in [1.29, 1.82) is 0 Å². The van der Waals surface area contributed by atoms with Crippen LogP contribution in [0.2, 0.25) is 0 Å². The van der Waals surface area contributed by atoms with Gasteiger partial charge in [0.05, 0.1) is 0 Å². The number of rotatable bonds is 6. The number of hydrogen-bond donors (Lipinski definition) is 1. The van der Waals surface area contributed by atoms with Crippen LogP contribution in [0.3, 0.4) is 0 Å². The molecule has 90 valence electrons.